The van der Waals surface area contributed by atoms with Crippen molar-refractivity contribution in [1.29, 1.82) is 0 Å². The number of benzene rings is 2. The van der Waals surface area contributed by atoms with Crippen molar-refractivity contribution in [2.75, 3.05) is 11.9 Å². The molecular formula is C17H13ClN2O5. The van der Waals surface area contributed by atoms with E-state index in [4.69, 9.17) is 16.3 Å². The van der Waals surface area contributed by atoms with E-state index in [1.54, 1.807) is 25.1 Å². The van der Waals surface area contributed by atoms with Gasteiger partial charge in [-0.05, 0) is 36.8 Å². The second-order valence-electron chi connectivity index (χ2n) is 5.60. The van der Waals surface area contributed by atoms with Gasteiger partial charge < -0.3 is 10.1 Å². The molecule has 1 amide bonds. The summed E-state index contributed by atoms with van der Waals surface area (Å²) in [6, 6.07) is 8.72. The summed E-state index contributed by atoms with van der Waals surface area (Å²) in [5, 5.41) is 13.5. The Morgan fingerprint density at radius 3 is 2.76 bits per heavy atom. The number of amides is 1. The minimum atomic E-state index is -0.568. The third kappa shape index (κ3) is 3.32. The van der Waals surface area contributed by atoms with E-state index < -0.39 is 4.92 Å². The van der Waals surface area contributed by atoms with E-state index in [0.717, 1.165) is 11.6 Å². The minimum Gasteiger partial charge on any atom is -0.484 e. The van der Waals surface area contributed by atoms with Crippen LogP contribution in [0.15, 0.2) is 36.4 Å². The first-order valence-electron chi connectivity index (χ1n) is 7.41. The zero-order valence-corrected chi connectivity index (χ0v) is 13.9. The van der Waals surface area contributed by atoms with Gasteiger partial charge in [-0.25, -0.2) is 0 Å². The van der Waals surface area contributed by atoms with Gasteiger partial charge in [-0.3, -0.25) is 19.7 Å². The minimum absolute atomic E-state index is 0.0550. The number of nitrogens with one attached hydrogen (secondary N) is 1. The number of hydrogen-bond donors (Lipinski definition) is 1. The lowest BCUT2D eigenvalue weighted by molar-refractivity contribution is -0.384. The molecule has 0 aliphatic carbocycles. The molecule has 1 aliphatic heterocycles. The maximum absolute atomic E-state index is 12.3. The Balaban J connectivity index is 1.72. The average Bonchev–Trinajstić information content (AvgIpc) is 2.87. The Kier molecular flexibility index (Phi) is 4.41. The Labute approximate surface area is 147 Å². The summed E-state index contributed by atoms with van der Waals surface area (Å²) in [5.41, 5.74) is 1.73. The molecule has 0 saturated heterocycles. The van der Waals surface area contributed by atoms with Gasteiger partial charge in [0.2, 0.25) is 5.91 Å². The number of anilines is 1. The molecule has 128 valence electrons. The molecule has 0 radical (unpaired) electrons. The summed E-state index contributed by atoms with van der Waals surface area (Å²) in [4.78, 5) is 34.1. The number of carbonyl (C=O) groups is 2. The molecule has 7 nitrogen and oxygen atoms in total. The van der Waals surface area contributed by atoms with Crippen LogP contribution in [0, 0.1) is 10.1 Å². The van der Waals surface area contributed by atoms with Gasteiger partial charge >= 0.3 is 0 Å². The molecule has 1 heterocycles. The van der Waals surface area contributed by atoms with Gasteiger partial charge in [-0.2, -0.15) is 0 Å². The monoisotopic (exact) mass is 360 g/mol. The number of ether oxygens (including phenoxy) is 1. The summed E-state index contributed by atoms with van der Waals surface area (Å²) in [7, 11) is 0. The molecule has 0 spiro atoms. The van der Waals surface area contributed by atoms with Gasteiger partial charge in [-0.1, -0.05) is 11.6 Å². The fourth-order valence-corrected chi connectivity index (χ4v) is 2.77. The van der Waals surface area contributed by atoms with Gasteiger partial charge in [0.25, 0.3) is 5.69 Å². The van der Waals surface area contributed by atoms with Crippen molar-refractivity contribution >= 4 is 34.7 Å². The lowest BCUT2D eigenvalue weighted by Gasteiger charge is -2.08. The lowest BCUT2D eigenvalue weighted by atomic mass is 9.99. The number of ketones is 1. The van der Waals surface area contributed by atoms with Crippen molar-refractivity contribution in [2.45, 2.75) is 12.8 Å². The van der Waals surface area contributed by atoms with Crippen LogP contribution in [0.5, 0.6) is 5.75 Å². The number of nitro groups is 1. The predicted molar refractivity (Wildman–Crippen MR) is 91.4 cm³/mol. The fraction of sp³-hybridized carbons (Fsp3) is 0.176. The zero-order valence-electron chi connectivity index (χ0n) is 13.1. The smallest absolute Gasteiger partial charge is 0.271 e. The quantitative estimate of drug-likeness (QED) is 0.499. The molecule has 8 heteroatoms. The Morgan fingerprint density at radius 2 is 2.08 bits per heavy atom. The van der Waals surface area contributed by atoms with Gasteiger partial charge in [0.05, 0.1) is 15.9 Å². The molecule has 1 aliphatic rings. The third-order valence-corrected chi connectivity index (χ3v) is 4.27. The number of hydrogen-bond acceptors (Lipinski definition) is 5. The summed E-state index contributed by atoms with van der Waals surface area (Å²) >= 11 is 5.93. The van der Waals surface area contributed by atoms with Crippen LogP contribution in [0.4, 0.5) is 11.4 Å². The molecule has 25 heavy (non-hydrogen) atoms. The number of non-ortho nitro benzene ring substituents is 1. The summed E-state index contributed by atoms with van der Waals surface area (Å²) < 4.78 is 5.37. The number of rotatable bonds is 5. The van der Waals surface area contributed by atoms with Crippen molar-refractivity contribution in [3.8, 4) is 5.75 Å². The molecule has 0 bridgehead atoms. The largest absolute Gasteiger partial charge is 0.484 e. The maximum Gasteiger partial charge on any atom is 0.271 e. The van der Waals surface area contributed by atoms with E-state index in [9.17, 15) is 19.7 Å². The van der Waals surface area contributed by atoms with Crippen LogP contribution < -0.4 is 10.1 Å². The maximum atomic E-state index is 12.3. The van der Waals surface area contributed by atoms with E-state index in [2.05, 4.69) is 5.32 Å². The fourth-order valence-electron chi connectivity index (χ4n) is 2.54. The second-order valence-corrected chi connectivity index (χ2v) is 6.00. The van der Waals surface area contributed by atoms with Crippen molar-refractivity contribution in [3.05, 3.63) is 62.7 Å². The van der Waals surface area contributed by atoms with Crippen LogP contribution in [0.1, 0.15) is 28.8 Å². The summed E-state index contributed by atoms with van der Waals surface area (Å²) in [6.45, 7) is 1.49. The number of fused-ring (bicyclic) bond motifs is 1. The number of nitrogens with zero attached hydrogens (tertiary/aromatic N) is 1. The van der Waals surface area contributed by atoms with Crippen LogP contribution in [0.25, 0.3) is 0 Å². The van der Waals surface area contributed by atoms with Crippen molar-refractivity contribution in [3.63, 3.8) is 0 Å². The SMILES string of the molecule is C[C@@H]1C(=O)Nc2ccc(C(=O)COc3ccc([N+](=O)[O-])cc3Cl)cc21. The summed E-state index contributed by atoms with van der Waals surface area (Å²) in [5.74, 6) is -0.517. The van der Waals surface area contributed by atoms with Crippen LogP contribution in [0.2, 0.25) is 5.02 Å². The van der Waals surface area contributed by atoms with Gasteiger partial charge in [0.15, 0.2) is 12.4 Å². The number of carbonyl (C=O) groups excluding carboxylic acids is 2. The Bertz CT molecular complexity index is 897. The van der Waals surface area contributed by atoms with Crippen molar-refractivity contribution in [2.24, 2.45) is 0 Å². The Hall–Kier alpha value is -2.93. The molecular weight excluding hydrogens is 348 g/mol. The molecule has 1 atom stereocenters. The van der Waals surface area contributed by atoms with E-state index in [-0.39, 0.29) is 40.7 Å². The lowest BCUT2D eigenvalue weighted by Crippen LogP contribution is -2.12. The van der Waals surface area contributed by atoms with Crippen molar-refractivity contribution in [1.82, 2.24) is 0 Å². The zero-order chi connectivity index (χ0) is 18.1. The molecule has 0 fully saturated rings. The van der Waals surface area contributed by atoms with E-state index in [0.29, 0.717) is 11.3 Å². The van der Waals surface area contributed by atoms with Crippen molar-refractivity contribution < 1.29 is 19.2 Å². The molecule has 0 saturated carbocycles. The molecule has 3 rings (SSSR count). The highest BCUT2D eigenvalue weighted by Crippen LogP contribution is 2.33. The highest BCUT2D eigenvalue weighted by atomic mass is 35.5. The van der Waals surface area contributed by atoms with Gasteiger partial charge in [-0.15, -0.1) is 0 Å². The predicted octanol–water partition coefficient (Wildman–Crippen LogP) is 3.57. The standard InChI is InChI=1S/C17H13ClN2O5/c1-9-12-6-10(2-4-14(12)19-17(9)22)15(21)8-25-16-5-3-11(20(23)24)7-13(16)18/h2-7,9H,8H2,1H3,(H,19,22)/t9-/m0/s1. The molecule has 2 aromatic rings. The third-order valence-electron chi connectivity index (χ3n) is 3.98. The van der Waals surface area contributed by atoms with Crippen LogP contribution >= 0.6 is 11.6 Å². The Morgan fingerprint density at radius 1 is 1.32 bits per heavy atom. The topological polar surface area (TPSA) is 98.5 Å². The summed E-state index contributed by atoms with van der Waals surface area (Å²) in [6.07, 6.45) is 0. The highest BCUT2D eigenvalue weighted by Gasteiger charge is 2.27. The van der Waals surface area contributed by atoms with Crippen LogP contribution in [-0.2, 0) is 4.79 Å². The highest BCUT2D eigenvalue weighted by molar-refractivity contribution is 6.32. The number of nitro benzene ring substituents is 1. The van der Waals surface area contributed by atoms with Gasteiger partial charge in [0, 0.05) is 23.4 Å². The van der Waals surface area contributed by atoms with E-state index in [1.807, 2.05) is 0 Å². The molecule has 1 N–H and O–H groups in total. The van der Waals surface area contributed by atoms with Crippen LogP contribution in [-0.4, -0.2) is 23.2 Å². The first kappa shape index (κ1) is 16.9. The average molecular weight is 361 g/mol. The van der Waals surface area contributed by atoms with E-state index in [1.165, 1.54) is 12.1 Å². The normalized spacial score (nSPS) is 15.4. The molecule has 0 unspecified atom stereocenters. The molecule has 0 aromatic heterocycles. The van der Waals surface area contributed by atoms with Crippen LogP contribution in [0.3, 0.4) is 0 Å². The number of halogens is 1. The van der Waals surface area contributed by atoms with Gasteiger partial charge in [0.1, 0.15) is 5.75 Å². The molecule has 2 aromatic carbocycles. The second kappa shape index (κ2) is 6.52. The number of Topliss-reactive ketones (excluding diaryl/α,β-unsaturated/α-hetero) is 1. The first-order valence-corrected chi connectivity index (χ1v) is 7.79. The first-order chi connectivity index (χ1) is 11.9. The van der Waals surface area contributed by atoms with E-state index >= 15 is 0 Å².